The first-order valence-corrected chi connectivity index (χ1v) is 8.66. The van der Waals surface area contributed by atoms with E-state index in [2.05, 4.69) is 27.8 Å². The van der Waals surface area contributed by atoms with Gasteiger partial charge in [0.1, 0.15) is 10.5 Å². The van der Waals surface area contributed by atoms with E-state index >= 15 is 0 Å². The van der Waals surface area contributed by atoms with Crippen LogP contribution in [0.3, 0.4) is 0 Å². The minimum absolute atomic E-state index is 0.0479. The summed E-state index contributed by atoms with van der Waals surface area (Å²) < 4.78 is 2.52. The van der Waals surface area contributed by atoms with E-state index in [1.165, 1.54) is 11.3 Å². The van der Waals surface area contributed by atoms with Crippen LogP contribution < -0.4 is 5.56 Å². The molecule has 0 aliphatic rings. The number of benzene rings is 1. The Morgan fingerprint density at radius 3 is 2.76 bits per heavy atom. The molecule has 0 bridgehead atoms. The number of alkyl halides is 1. The number of aromatic nitrogens is 2. The van der Waals surface area contributed by atoms with Crippen LogP contribution in [0.2, 0.25) is 0 Å². The minimum Gasteiger partial charge on any atom is -0.290 e. The summed E-state index contributed by atoms with van der Waals surface area (Å²) in [5.41, 5.74) is 1.95. The van der Waals surface area contributed by atoms with Crippen LogP contribution in [0, 0.1) is 0 Å². The van der Waals surface area contributed by atoms with Gasteiger partial charge >= 0.3 is 0 Å². The summed E-state index contributed by atoms with van der Waals surface area (Å²) in [4.78, 5) is 17.5. The Balaban J connectivity index is 2.18. The van der Waals surface area contributed by atoms with Gasteiger partial charge in [0.25, 0.3) is 5.56 Å². The van der Waals surface area contributed by atoms with Crippen LogP contribution in [0.5, 0.6) is 0 Å². The summed E-state index contributed by atoms with van der Waals surface area (Å²) in [5, 5.41) is 1.92. The molecule has 108 valence electrons. The highest BCUT2D eigenvalue weighted by Gasteiger charge is 2.17. The quantitative estimate of drug-likeness (QED) is 0.646. The summed E-state index contributed by atoms with van der Waals surface area (Å²) in [7, 11) is 0. The molecule has 3 aromatic rings. The number of thiophene rings is 1. The average molecular weight is 363 g/mol. The highest BCUT2D eigenvalue weighted by atomic mass is 79.9. The largest absolute Gasteiger partial charge is 0.290 e. The van der Waals surface area contributed by atoms with Gasteiger partial charge in [0.2, 0.25) is 0 Å². The molecule has 2 aromatic heterocycles. The summed E-state index contributed by atoms with van der Waals surface area (Å²) >= 11 is 5.09. The second-order valence-corrected chi connectivity index (χ2v) is 6.88. The molecule has 0 aliphatic heterocycles. The van der Waals surface area contributed by atoms with Crippen LogP contribution in [0.15, 0.2) is 46.6 Å². The molecule has 0 radical (unpaired) electrons. The molecule has 1 unspecified atom stereocenters. The van der Waals surface area contributed by atoms with Crippen LogP contribution >= 0.6 is 27.3 Å². The first-order chi connectivity index (χ1) is 10.2. The van der Waals surface area contributed by atoms with Gasteiger partial charge in [0.05, 0.1) is 16.9 Å². The van der Waals surface area contributed by atoms with Crippen LogP contribution in [0.25, 0.3) is 10.2 Å². The predicted molar refractivity (Wildman–Crippen MR) is 91.4 cm³/mol. The molecule has 3 nitrogen and oxygen atoms in total. The second kappa shape index (κ2) is 6.12. The summed E-state index contributed by atoms with van der Waals surface area (Å²) in [6.45, 7) is 2.63. The van der Waals surface area contributed by atoms with Crippen molar-refractivity contribution in [2.24, 2.45) is 0 Å². The van der Waals surface area contributed by atoms with E-state index in [1.54, 1.807) is 4.57 Å². The van der Waals surface area contributed by atoms with Crippen molar-refractivity contribution in [2.45, 2.75) is 24.7 Å². The van der Waals surface area contributed by atoms with Gasteiger partial charge in [-0.05, 0) is 23.4 Å². The van der Waals surface area contributed by atoms with E-state index in [-0.39, 0.29) is 10.4 Å². The van der Waals surface area contributed by atoms with Crippen LogP contribution in [-0.2, 0) is 6.54 Å². The van der Waals surface area contributed by atoms with Crippen molar-refractivity contribution in [3.05, 3.63) is 63.5 Å². The average Bonchev–Trinajstić information content (AvgIpc) is 2.99. The maximum absolute atomic E-state index is 12.7. The number of rotatable bonds is 4. The Morgan fingerprint density at radius 2 is 2.05 bits per heavy atom. The Kier molecular flexibility index (Phi) is 4.22. The maximum Gasteiger partial charge on any atom is 0.271 e. The van der Waals surface area contributed by atoms with Crippen molar-refractivity contribution in [2.75, 3.05) is 0 Å². The van der Waals surface area contributed by atoms with E-state index in [0.29, 0.717) is 6.54 Å². The van der Waals surface area contributed by atoms with Crippen LogP contribution in [0.4, 0.5) is 0 Å². The highest BCUT2D eigenvalue weighted by Crippen LogP contribution is 2.26. The monoisotopic (exact) mass is 362 g/mol. The molecule has 0 aliphatic carbocycles. The molecule has 0 amide bonds. The van der Waals surface area contributed by atoms with Gasteiger partial charge in [0, 0.05) is 0 Å². The first-order valence-electron chi connectivity index (χ1n) is 6.86. The van der Waals surface area contributed by atoms with Crippen molar-refractivity contribution in [3.8, 4) is 0 Å². The Hall–Kier alpha value is -1.46. The number of fused-ring (bicyclic) bond motifs is 1. The molecule has 0 saturated heterocycles. The van der Waals surface area contributed by atoms with Crippen molar-refractivity contribution in [1.29, 1.82) is 0 Å². The number of hydrogen-bond acceptors (Lipinski definition) is 3. The normalized spacial score (nSPS) is 12.7. The molecular formula is C16H15BrN2OS. The van der Waals surface area contributed by atoms with E-state index in [4.69, 9.17) is 0 Å². The van der Waals surface area contributed by atoms with Gasteiger partial charge in [-0.15, -0.1) is 11.3 Å². The molecule has 5 heteroatoms. The molecule has 3 rings (SSSR count). The lowest BCUT2D eigenvalue weighted by atomic mass is 10.2. The van der Waals surface area contributed by atoms with Crippen molar-refractivity contribution in [1.82, 2.24) is 9.55 Å². The third kappa shape index (κ3) is 2.80. The standard InChI is InChI=1S/C16H15BrN2OS/c1-2-12(17)15-18-13-8-9-21-14(13)16(20)19(15)10-11-6-4-3-5-7-11/h3-9,12H,2,10H2,1H3. The fraction of sp³-hybridized carbons (Fsp3) is 0.250. The van der Waals surface area contributed by atoms with Crippen molar-refractivity contribution < 1.29 is 0 Å². The Labute approximate surface area is 135 Å². The SMILES string of the molecule is CCC(Br)c1nc2ccsc2c(=O)n1Cc1ccccc1. The zero-order valence-electron chi connectivity index (χ0n) is 11.6. The fourth-order valence-electron chi connectivity index (χ4n) is 2.30. The van der Waals surface area contributed by atoms with E-state index in [1.807, 2.05) is 41.8 Å². The van der Waals surface area contributed by atoms with Gasteiger partial charge in [-0.1, -0.05) is 53.2 Å². The lowest BCUT2D eigenvalue weighted by molar-refractivity contribution is 0.663. The number of nitrogens with zero attached hydrogens (tertiary/aromatic N) is 2. The van der Waals surface area contributed by atoms with Crippen LogP contribution in [0.1, 0.15) is 29.6 Å². The van der Waals surface area contributed by atoms with Crippen molar-refractivity contribution in [3.63, 3.8) is 0 Å². The molecular weight excluding hydrogens is 348 g/mol. The number of hydrogen-bond donors (Lipinski definition) is 0. The van der Waals surface area contributed by atoms with Gasteiger partial charge < -0.3 is 0 Å². The molecule has 21 heavy (non-hydrogen) atoms. The zero-order valence-corrected chi connectivity index (χ0v) is 14.0. The summed E-state index contributed by atoms with van der Waals surface area (Å²) in [6, 6.07) is 11.9. The van der Waals surface area contributed by atoms with E-state index in [0.717, 1.165) is 28.0 Å². The van der Waals surface area contributed by atoms with Crippen LogP contribution in [-0.4, -0.2) is 9.55 Å². The smallest absolute Gasteiger partial charge is 0.271 e. The lowest BCUT2D eigenvalue weighted by Crippen LogP contribution is -2.25. The van der Waals surface area contributed by atoms with Gasteiger partial charge in [-0.25, -0.2) is 4.98 Å². The maximum atomic E-state index is 12.7. The Bertz CT molecular complexity index is 810. The molecule has 0 saturated carbocycles. The van der Waals surface area contributed by atoms with E-state index in [9.17, 15) is 4.79 Å². The highest BCUT2D eigenvalue weighted by molar-refractivity contribution is 9.09. The van der Waals surface area contributed by atoms with Gasteiger partial charge in [0.15, 0.2) is 0 Å². The number of halogens is 1. The van der Waals surface area contributed by atoms with Gasteiger partial charge in [-0.3, -0.25) is 9.36 Å². The molecule has 0 N–H and O–H groups in total. The topological polar surface area (TPSA) is 34.9 Å². The zero-order chi connectivity index (χ0) is 14.8. The van der Waals surface area contributed by atoms with Crippen molar-refractivity contribution >= 4 is 37.5 Å². The molecule has 0 fully saturated rings. The minimum atomic E-state index is 0.0479. The third-order valence-corrected chi connectivity index (χ3v) is 5.37. The van der Waals surface area contributed by atoms with E-state index < -0.39 is 0 Å². The molecule has 0 spiro atoms. The molecule has 1 aromatic carbocycles. The first kappa shape index (κ1) is 14.5. The summed E-state index contributed by atoms with van der Waals surface area (Å²) in [6.07, 6.45) is 0.886. The third-order valence-electron chi connectivity index (χ3n) is 3.42. The van der Waals surface area contributed by atoms with Gasteiger partial charge in [-0.2, -0.15) is 0 Å². The Morgan fingerprint density at radius 1 is 1.29 bits per heavy atom. The lowest BCUT2D eigenvalue weighted by Gasteiger charge is -2.15. The molecule has 1 atom stereocenters. The fourth-order valence-corrected chi connectivity index (χ4v) is 3.43. The second-order valence-electron chi connectivity index (χ2n) is 4.86. The summed E-state index contributed by atoms with van der Waals surface area (Å²) in [5.74, 6) is 0.803. The molecule has 2 heterocycles. The predicted octanol–water partition coefficient (Wildman–Crippen LogP) is 4.35.